The van der Waals surface area contributed by atoms with Crippen molar-refractivity contribution in [3.8, 4) is 17.3 Å². The molecule has 0 radical (unpaired) electrons. The van der Waals surface area contributed by atoms with Crippen LogP contribution in [0.5, 0.6) is 0 Å². The van der Waals surface area contributed by atoms with Crippen molar-refractivity contribution >= 4 is 0 Å². The lowest BCUT2D eigenvalue weighted by Crippen LogP contribution is -2.36. The second-order valence-corrected chi connectivity index (χ2v) is 8.46. The van der Waals surface area contributed by atoms with Crippen molar-refractivity contribution in [3.63, 3.8) is 0 Å². The average Bonchev–Trinajstić information content (AvgIpc) is 3.52. The molecule has 0 saturated carbocycles. The number of ether oxygens (including phenoxy) is 1. The Morgan fingerprint density at radius 2 is 2.06 bits per heavy atom. The van der Waals surface area contributed by atoms with Crippen LogP contribution in [0.4, 0.5) is 8.78 Å². The zero-order valence-corrected chi connectivity index (χ0v) is 17.9. The first-order valence-corrected chi connectivity index (χ1v) is 10.5. The molecule has 3 heterocycles. The number of nitriles is 1. The van der Waals surface area contributed by atoms with Crippen LogP contribution >= 0.6 is 0 Å². The van der Waals surface area contributed by atoms with Crippen LogP contribution in [-0.4, -0.2) is 52.7 Å². The molecule has 164 valence electrons. The van der Waals surface area contributed by atoms with Crippen LogP contribution in [0.15, 0.2) is 42.5 Å². The molecule has 8 heteroatoms. The third kappa shape index (κ3) is 3.79. The van der Waals surface area contributed by atoms with Gasteiger partial charge in [-0.1, -0.05) is 18.2 Å². The van der Waals surface area contributed by atoms with Crippen LogP contribution in [0, 0.1) is 23.0 Å². The second-order valence-electron chi connectivity index (χ2n) is 8.46. The minimum absolute atomic E-state index is 0.0364. The quantitative estimate of drug-likeness (QED) is 0.576. The number of epoxide rings is 1. The number of hydrogen-bond acceptors (Lipinski definition) is 5. The van der Waals surface area contributed by atoms with E-state index in [0.717, 1.165) is 41.5 Å². The lowest BCUT2D eigenvalue weighted by molar-refractivity contribution is 0.158. The molecular weight excluding hydrogens is 412 g/mol. The SMILES string of the molecule is CN(C)C1OC1N1CCc2c(c(-c3cccc(C#N)c3)nn2Cc2ccc(F)cc2F)C1. The van der Waals surface area contributed by atoms with Gasteiger partial charge in [0.25, 0.3) is 0 Å². The first kappa shape index (κ1) is 20.8. The topological polar surface area (TPSA) is 60.6 Å². The molecule has 2 aliphatic rings. The summed E-state index contributed by atoms with van der Waals surface area (Å²) in [4.78, 5) is 4.34. The van der Waals surface area contributed by atoms with E-state index in [1.807, 2.05) is 37.0 Å². The molecule has 3 aromatic rings. The van der Waals surface area contributed by atoms with Crippen LogP contribution < -0.4 is 0 Å². The molecule has 0 spiro atoms. The van der Waals surface area contributed by atoms with Crippen LogP contribution in [0.2, 0.25) is 0 Å². The van der Waals surface area contributed by atoms with Gasteiger partial charge in [-0.05, 0) is 32.3 Å². The Kier molecular flexibility index (Phi) is 5.25. The van der Waals surface area contributed by atoms with Crippen LogP contribution in [0.3, 0.4) is 0 Å². The number of hydrogen-bond donors (Lipinski definition) is 0. The van der Waals surface area contributed by atoms with E-state index in [9.17, 15) is 14.0 Å². The maximum atomic E-state index is 14.3. The smallest absolute Gasteiger partial charge is 0.153 e. The lowest BCUT2D eigenvalue weighted by atomic mass is 9.99. The molecule has 6 nitrogen and oxygen atoms in total. The van der Waals surface area contributed by atoms with Crippen LogP contribution in [-0.2, 0) is 24.2 Å². The fourth-order valence-electron chi connectivity index (χ4n) is 4.38. The number of rotatable bonds is 5. The molecular formula is C24H23F2N5O. The van der Waals surface area contributed by atoms with Gasteiger partial charge in [-0.3, -0.25) is 14.5 Å². The summed E-state index contributed by atoms with van der Waals surface area (Å²) >= 11 is 0. The highest BCUT2D eigenvalue weighted by Gasteiger charge is 2.46. The molecule has 0 aliphatic carbocycles. The monoisotopic (exact) mass is 435 g/mol. The predicted octanol–water partition coefficient (Wildman–Crippen LogP) is 3.35. The minimum Gasteiger partial charge on any atom is -0.336 e. The van der Waals surface area contributed by atoms with E-state index in [2.05, 4.69) is 15.9 Å². The fourth-order valence-corrected chi connectivity index (χ4v) is 4.38. The highest BCUT2D eigenvalue weighted by Crippen LogP contribution is 2.36. The first-order valence-electron chi connectivity index (χ1n) is 10.5. The third-order valence-corrected chi connectivity index (χ3v) is 6.08. The van der Waals surface area contributed by atoms with Crippen molar-refractivity contribution in [2.75, 3.05) is 20.6 Å². The highest BCUT2D eigenvalue weighted by atomic mass is 19.1. The summed E-state index contributed by atoms with van der Waals surface area (Å²) in [6.45, 7) is 1.67. The van der Waals surface area contributed by atoms with Crippen molar-refractivity contribution in [2.24, 2.45) is 0 Å². The van der Waals surface area contributed by atoms with Crippen LogP contribution in [0.1, 0.15) is 22.4 Å². The summed E-state index contributed by atoms with van der Waals surface area (Å²) in [6, 6.07) is 13.1. The van der Waals surface area contributed by atoms with E-state index in [-0.39, 0.29) is 19.0 Å². The van der Waals surface area contributed by atoms with E-state index < -0.39 is 11.6 Å². The van der Waals surface area contributed by atoms with Crippen molar-refractivity contribution in [1.82, 2.24) is 19.6 Å². The van der Waals surface area contributed by atoms with Gasteiger partial charge in [0.2, 0.25) is 0 Å². The van der Waals surface area contributed by atoms with E-state index in [0.29, 0.717) is 17.7 Å². The zero-order valence-electron chi connectivity index (χ0n) is 17.9. The van der Waals surface area contributed by atoms with Crippen molar-refractivity contribution in [1.29, 1.82) is 5.26 Å². The fraction of sp³-hybridized carbons (Fsp3) is 0.333. The molecule has 2 unspecified atom stereocenters. The molecule has 2 aliphatic heterocycles. The number of aromatic nitrogens is 2. The number of fused-ring (bicyclic) bond motifs is 1. The van der Waals surface area contributed by atoms with Gasteiger partial charge in [-0.15, -0.1) is 0 Å². The molecule has 2 atom stereocenters. The summed E-state index contributed by atoms with van der Waals surface area (Å²) in [6.07, 6.45) is 0.850. The molecule has 1 fully saturated rings. The standard InChI is InChI=1S/C24H23F2N5O/c1-29(2)23-24(32-23)30-9-8-21-19(14-30)22(16-5-3-4-15(10-16)12-27)28-31(21)13-17-6-7-18(25)11-20(17)26/h3-7,10-11,23-24H,8-9,13-14H2,1-2H3. The lowest BCUT2D eigenvalue weighted by Gasteiger charge is -2.27. The summed E-state index contributed by atoms with van der Waals surface area (Å²) in [5.41, 5.74) is 4.66. The molecule has 1 saturated heterocycles. The normalized spacial score (nSPS) is 20.2. The molecule has 5 rings (SSSR count). The Morgan fingerprint density at radius 1 is 1.22 bits per heavy atom. The minimum atomic E-state index is -0.599. The Hall–Kier alpha value is -3.12. The molecule has 0 N–H and O–H groups in total. The summed E-state index contributed by atoms with van der Waals surface area (Å²) in [5, 5.41) is 14.2. The number of likely N-dealkylation sites (N-methyl/N-ethyl adjacent to an activating group) is 1. The Labute approximate surface area is 185 Å². The Bertz CT molecular complexity index is 1220. The van der Waals surface area contributed by atoms with Gasteiger partial charge in [0.1, 0.15) is 11.6 Å². The van der Waals surface area contributed by atoms with Crippen molar-refractivity contribution < 1.29 is 13.5 Å². The predicted molar refractivity (Wildman–Crippen MR) is 114 cm³/mol. The maximum absolute atomic E-state index is 14.3. The van der Waals surface area contributed by atoms with Gasteiger partial charge < -0.3 is 4.74 Å². The average molecular weight is 435 g/mol. The maximum Gasteiger partial charge on any atom is 0.153 e. The number of halogens is 2. The molecule has 0 amide bonds. The Balaban J connectivity index is 1.53. The first-order chi connectivity index (χ1) is 15.4. The molecule has 0 bridgehead atoms. The summed E-state index contributed by atoms with van der Waals surface area (Å²) < 4.78 is 35.4. The van der Waals surface area contributed by atoms with E-state index in [1.54, 1.807) is 6.07 Å². The van der Waals surface area contributed by atoms with Gasteiger partial charge >= 0.3 is 0 Å². The number of nitrogens with zero attached hydrogens (tertiary/aromatic N) is 5. The van der Waals surface area contributed by atoms with Gasteiger partial charge in [-0.25, -0.2) is 8.78 Å². The molecule has 32 heavy (non-hydrogen) atoms. The zero-order chi connectivity index (χ0) is 22.4. The Morgan fingerprint density at radius 3 is 2.78 bits per heavy atom. The largest absolute Gasteiger partial charge is 0.336 e. The summed E-state index contributed by atoms with van der Waals surface area (Å²) in [5.74, 6) is -1.18. The van der Waals surface area contributed by atoms with Crippen molar-refractivity contribution in [3.05, 3.63) is 76.5 Å². The molecule has 1 aromatic heterocycles. The third-order valence-electron chi connectivity index (χ3n) is 6.08. The van der Waals surface area contributed by atoms with E-state index in [4.69, 9.17) is 9.84 Å². The summed E-state index contributed by atoms with van der Waals surface area (Å²) in [7, 11) is 3.99. The second kappa shape index (κ2) is 8.10. The van der Waals surface area contributed by atoms with Crippen molar-refractivity contribution in [2.45, 2.75) is 32.0 Å². The van der Waals surface area contributed by atoms with Crippen LogP contribution in [0.25, 0.3) is 11.3 Å². The van der Waals surface area contributed by atoms with E-state index >= 15 is 0 Å². The highest BCUT2D eigenvalue weighted by molar-refractivity contribution is 5.66. The number of benzene rings is 2. The van der Waals surface area contributed by atoms with Gasteiger partial charge in [0.15, 0.2) is 12.5 Å². The van der Waals surface area contributed by atoms with E-state index in [1.165, 1.54) is 12.1 Å². The molecule has 2 aromatic carbocycles. The van der Waals surface area contributed by atoms with Gasteiger partial charge in [0, 0.05) is 48.0 Å². The van der Waals surface area contributed by atoms with Gasteiger partial charge in [-0.2, -0.15) is 10.4 Å². The van der Waals surface area contributed by atoms with Gasteiger partial charge in [0.05, 0.1) is 23.9 Å².